The number of nitrogens with zero attached hydrogens (tertiary/aromatic N) is 1. The minimum Gasteiger partial charge on any atom is -0.358 e. The highest BCUT2D eigenvalue weighted by Gasteiger charge is 2.14. The summed E-state index contributed by atoms with van der Waals surface area (Å²) in [6.45, 7) is 0. The first-order chi connectivity index (χ1) is 3.85. The van der Waals surface area contributed by atoms with Gasteiger partial charge in [-0.05, 0) is 12.2 Å². The normalized spacial score (nSPS) is 11.0. The van der Waals surface area contributed by atoms with Gasteiger partial charge in [-0.25, -0.2) is 0 Å². The molecule has 0 aromatic heterocycles. The van der Waals surface area contributed by atoms with Crippen LogP contribution in [0.1, 0.15) is 0 Å². The zero-order chi connectivity index (χ0) is 7.65. The Bertz CT molecular complexity index is 205. The lowest BCUT2D eigenvalue weighted by molar-refractivity contribution is 0.490. The predicted octanol–water partition coefficient (Wildman–Crippen LogP) is -0.279. The molecule has 0 aliphatic carbocycles. The van der Waals surface area contributed by atoms with Crippen molar-refractivity contribution < 1.29 is 13.0 Å². The summed E-state index contributed by atoms with van der Waals surface area (Å²) in [6.07, 6.45) is 0. The molecule has 0 aliphatic heterocycles. The lowest BCUT2D eigenvalue weighted by Crippen LogP contribution is -2.27. The molecule has 0 saturated carbocycles. The molecule has 0 spiro atoms. The third-order valence-corrected chi connectivity index (χ3v) is 2.39. The third-order valence-electron chi connectivity index (χ3n) is 0.586. The lowest BCUT2D eigenvalue weighted by Gasteiger charge is -2.08. The van der Waals surface area contributed by atoms with Gasteiger partial charge < -0.3 is 4.90 Å². The zero-order valence-electron chi connectivity index (χ0n) is 5.03. The maximum absolute atomic E-state index is 10.1. The number of hydrogen-bond donors (Lipinski definition) is 1. The molecule has 0 atom stereocenters. The number of rotatable bonds is 0. The SMILES string of the molecule is CN(C)C(=S)S(=O)(=O)O. The Kier molecular flexibility index (Phi) is 2.53. The molecule has 0 rings (SSSR count). The second-order valence-corrected chi connectivity index (χ2v) is 3.62. The third kappa shape index (κ3) is 2.73. The summed E-state index contributed by atoms with van der Waals surface area (Å²) in [5.74, 6) is 0. The highest BCUT2D eigenvalue weighted by atomic mass is 32.2. The fraction of sp³-hybridized carbons (Fsp3) is 0.667. The molecule has 0 amide bonds. The highest BCUT2D eigenvalue weighted by molar-refractivity contribution is 8.13. The molecular formula is C3H7NO3S2. The fourth-order valence-corrected chi connectivity index (χ4v) is 0.692. The van der Waals surface area contributed by atoms with Crippen LogP contribution in [0.4, 0.5) is 0 Å². The molecule has 0 aliphatic rings. The topological polar surface area (TPSA) is 57.6 Å². The van der Waals surface area contributed by atoms with Gasteiger partial charge in [-0.15, -0.1) is 0 Å². The van der Waals surface area contributed by atoms with E-state index in [4.69, 9.17) is 4.55 Å². The molecule has 9 heavy (non-hydrogen) atoms. The summed E-state index contributed by atoms with van der Waals surface area (Å²) in [6, 6.07) is 0. The smallest absolute Gasteiger partial charge is 0.320 e. The van der Waals surface area contributed by atoms with Crippen molar-refractivity contribution in [3.8, 4) is 0 Å². The number of hydrogen-bond acceptors (Lipinski definition) is 3. The summed E-state index contributed by atoms with van der Waals surface area (Å²) in [4.78, 5) is 1.14. The van der Waals surface area contributed by atoms with Crippen molar-refractivity contribution in [3.05, 3.63) is 0 Å². The van der Waals surface area contributed by atoms with E-state index < -0.39 is 14.4 Å². The Labute approximate surface area is 59.2 Å². The molecular weight excluding hydrogens is 162 g/mol. The van der Waals surface area contributed by atoms with Crippen molar-refractivity contribution in [1.82, 2.24) is 4.90 Å². The Morgan fingerprint density at radius 2 is 1.89 bits per heavy atom. The van der Waals surface area contributed by atoms with E-state index in [1.165, 1.54) is 14.1 Å². The molecule has 54 valence electrons. The van der Waals surface area contributed by atoms with Crippen LogP contribution < -0.4 is 0 Å². The van der Waals surface area contributed by atoms with Gasteiger partial charge in [0, 0.05) is 14.1 Å². The van der Waals surface area contributed by atoms with Crippen molar-refractivity contribution in [2.45, 2.75) is 0 Å². The molecule has 6 heteroatoms. The minimum absolute atomic E-state index is 0.470. The fourth-order valence-electron chi connectivity index (χ4n) is 0.231. The highest BCUT2D eigenvalue weighted by Crippen LogP contribution is 1.91. The van der Waals surface area contributed by atoms with Gasteiger partial charge in [0.05, 0.1) is 0 Å². The van der Waals surface area contributed by atoms with E-state index in [-0.39, 0.29) is 0 Å². The second kappa shape index (κ2) is 2.59. The number of thiocarbonyl (C=S) groups is 1. The molecule has 0 bridgehead atoms. The Hall–Kier alpha value is -0.200. The van der Waals surface area contributed by atoms with Crippen LogP contribution in [0.5, 0.6) is 0 Å². The van der Waals surface area contributed by atoms with Crippen LogP contribution in [0.15, 0.2) is 0 Å². The van der Waals surface area contributed by atoms with E-state index in [2.05, 4.69) is 12.2 Å². The molecule has 0 aromatic carbocycles. The van der Waals surface area contributed by atoms with Crippen LogP contribution in [0, 0.1) is 0 Å². The van der Waals surface area contributed by atoms with Crippen molar-refractivity contribution in [2.24, 2.45) is 0 Å². The van der Waals surface area contributed by atoms with Crippen molar-refractivity contribution in [1.29, 1.82) is 0 Å². The monoisotopic (exact) mass is 169 g/mol. The zero-order valence-corrected chi connectivity index (χ0v) is 6.66. The van der Waals surface area contributed by atoms with Gasteiger partial charge in [-0.3, -0.25) is 4.55 Å². The minimum atomic E-state index is -4.14. The molecule has 4 nitrogen and oxygen atoms in total. The molecule has 1 N–H and O–H groups in total. The van der Waals surface area contributed by atoms with Gasteiger partial charge in [0.15, 0.2) is 0 Å². The van der Waals surface area contributed by atoms with Gasteiger partial charge in [0.2, 0.25) is 4.32 Å². The van der Waals surface area contributed by atoms with Crippen molar-refractivity contribution in [2.75, 3.05) is 14.1 Å². The molecule has 0 radical (unpaired) electrons. The summed E-state index contributed by atoms with van der Waals surface area (Å²) in [7, 11) is -1.26. The Balaban J connectivity index is 4.45. The van der Waals surface area contributed by atoms with Crippen LogP contribution in [-0.4, -0.2) is 36.3 Å². The average Bonchev–Trinajstić information content (AvgIpc) is 1.62. The Morgan fingerprint density at radius 3 is 1.89 bits per heavy atom. The summed E-state index contributed by atoms with van der Waals surface area (Å²) in [5.41, 5.74) is 0. The standard InChI is InChI=1S/C3H7NO3S2/c1-4(2)3(8)9(5,6)7/h1-2H3,(H,5,6,7). The van der Waals surface area contributed by atoms with E-state index in [9.17, 15) is 8.42 Å². The largest absolute Gasteiger partial charge is 0.358 e. The van der Waals surface area contributed by atoms with Crippen LogP contribution in [0.25, 0.3) is 0 Å². The van der Waals surface area contributed by atoms with E-state index in [0.717, 1.165) is 4.90 Å². The van der Waals surface area contributed by atoms with E-state index in [1.807, 2.05) is 0 Å². The summed E-state index contributed by atoms with van der Waals surface area (Å²) < 4.78 is 28.1. The molecule has 0 unspecified atom stereocenters. The van der Waals surface area contributed by atoms with E-state index in [1.54, 1.807) is 0 Å². The van der Waals surface area contributed by atoms with Gasteiger partial charge in [0.1, 0.15) is 0 Å². The van der Waals surface area contributed by atoms with Crippen LogP contribution >= 0.6 is 12.2 Å². The van der Waals surface area contributed by atoms with Gasteiger partial charge in [0.25, 0.3) is 0 Å². The van der Waals surface area contributed by atoms with Crippen LogP contribution in [0.3, 0.4) is 0 Å². The summed E-state index contributed by atoms with van der Waals surface area (Å²) >= 11 is 4.30. The molecule has 0 heterocycles. The maximum atomic E-state index is 10.1. The summed E-state index contributed by atoms with van der Waals surface area (Å²) in [5, 5.41) is 0. The maximum Gasteiger partial charge on any atom is 0.320 e. The quantitative estimate of drug-likeness (QED) is 0.399. The molecule has 0 fully saturated rings. The first-order valence-corrected chi connectivity index (χ1v) is 3.89. The Morgan fingerprint density at radius 1 is 1.56 bits per heavy atom. The van der Waals surface area contributed by atoms with E-state index >= 15 is 0 Å². The average molecular weight is 169 g/mol. The van der Waals surface area contributed by atoms with Crippen LogP contribution in [-0.2, 0) is 10.1 Å². The predicted molar refractivity (Wildman–Crippen MR) is 37.8 cm³/mol. The molecule has 0 aromatic rings. The lowest BCUT2D eigenvalue weighted by atomic mass is 11.0. The first-order valence-electron chi connectivity index (χ1n) is 2.04. The van der Waals surface area contributed by atoms with Gasteiger partial charge in [-0.2, -0.15) is 8.42 Å². The van der Waals surface area contributed by atoms with Gasteiger partial charge >= 0.3 is 10.1 Å². The van der Waals surface area contributed by atoms with Gasteiger partial charge in [-0.1, -0.05) is 0 Å². The molecule has 0 saturated heterocycles. The van der Waals surface area contributed by atoms with Crippen molar-refractivity contribution >= 4 is 26.7 Å². The second-order valence-electron chi connectivity index (χ2n) is 1.64. The van der Waals surface area contributed by atoms with Crippen molar-refractivity contribution in [3.63, 3.8) is 0 Å². The van der Waals surface area contributed by atoms with E-state index in [0.29, 0.717) is 0 Å². The first kappa shape index (κ1) is 8.80. The van der Waals surface area contributed by atoms with Crippen LogP contribution in [0.2, 0.25) is 0 Å².